The highest BCUT2D eigenvalue weighted by Gasteiger charge is 2.30. The summed E-state index contributed by atoms with van der Waals surface area (Å²) in [6.07, 6.45) is 1.69. The molecule has 0 unspecified atom stereocenters. The molecule has 0 spiro atoms. The fourth-order valence-electron chi connectivity index (χ4n) is 1.95. The Kier molecular flexibility index (Phi) is 3.51. The fraction of sp³-hybridized carbons (Fsp3) is 0.200. The number of hydrogen-bond donors (Lipinski definition) is 1. The highest BCUT2D eigenvalue weighted by molar-refractivity contribution is 6.16. The minimum absolute atomic E-state index is 0.279. The Labute approximate surface area is 111 Å². The van der Waals surface area contributed by atoms with Gasteiger partial charge >= 0.3 is 5.97 Å². The summed E-state index contributed by atoms with van der Waals surface area (Å²) in [4.78, 5) is 23.6. The maximum atomic E-state index is 11.9. The number of carbonyl (C=O) groups excluding carboxylic acids is 2. The zero-order valence-corrected chi connectivity index (χ0v) is 11.1. The van der Waals surface area contributed by atoms with E-state index in [1.165, 1.54) is 7.11 Å². The molecule has 0 atom stereocenters. The number of nitrogens with one attached hydrogen (secondary N) is 1. The molecule has 0 radical (unpaired) electrons. The van der Waals surface area contributed by atoms with E-state index in [1.807, 2.05) is 31.2 Å². The van der Waals surface area contributed by atoms with E-state index in [-0.39, 0.29) is 5.91 Å². The monoisotopic (exact) mass is 257 g/mol. The standard InChI is InChI=1S/C15H15NO3/c1-9-4-6-11(7-5-9)8-12-13(15(18)19-3)10(2)16-14(12)17/h4-8H,1-3H3,(H,16,17)/b12-8+. The average Bonchev–Trinajstić information content (AvgIpc) is 2.66. The highest BCUT2D eigenvalue weighted by atomic mass is 16.5. The zero-order valence-electron chi connectivity index (χ0n) is 11.1. The van der Waals surface area contributed by atoms with Gasteiger partial charge < -0.3 is 10.1 Å². The Bertz CT molecular complexity index is 594. The van der Waals surface area contributed by atoms with Crippen LogP contribution in [0, 0.1) is 6.92 Å². The summed E-state index contributed by atoms with van der Waals surface area (Å²) in [5.41, 5.74) is 3.17. The Morgan fingerprint density at radius 1 is 1.21 bits per heavy atom. The minimum Gasteiger partial charge on any atom is -0.465 e. The topological polar surface area (TPSA) is 55.4 Å². The van der Waals surface area contributed by atoms with Gasteiger partial charge in [-0.05, 0) is 25.5 Å². The first-order valence-electron chi connectivity index (χ1n) is 5.92. The van der Waals surface area contributed by atoms with E-state index in [0.717, 1.165) is 11.1 Å². The number of esters is 1. The molecule has 0 aromatic heterocycles. The van der Waals surface area contributed by atoms with Crippen LogP contribution in [-0.4, -0.2) is 19.0 Å². The quantitative estimate of drug-likeness (QED) is 0.651. The van der Waals surface area contributed by atoms with Crippen LogP contribution in [-0.2, 0) is 14.3 Å². The van der Waals surface area contributed by atoms with E-state index in [2.05, 4.69) is 5.32 Å². The minimum atomic E-state index is -0.505. The second-order valence-electron chi connectivity index (χ2n) is 4.41. The number of allylic oxidation sites excluding steroid dienone is 1. The summed E-state index contributed by atoms with van der Waals surface area (Å²) in [5.74, 6) is -0.785. The van der Waals surface area contributed by atoms with E-state index < -0.39 is 5.97 Å². The molecule has 1 aromatic rings. The largest absolute Gasteiger partial charge is 0.465 e. The van der Waals surface area contributed by atoms with Crippen molar-refractivity contribution >= 4 is 18.0 Å². The maximum Gasteiger partial charge on any atom is 0.340 e. The van der Waals surface area contributed by atoms with Crippen LogP contribution in [0.3, 0.4) is 0 Å². The third-order valence-corrected chi connectivity index (χ3v) is 2.97. The van der Waals surface area contributed by atoms with Gasteiger partial charge in [0.15, 0.2) is 0 Å². The van der Waals surface area contributed by atoms with E-state index in [4.69, 9.17) is 4.74 Å². The van der Waals surface area contributed by atoms with Crippen LogP contribution in [0.2, 0.25) is 0 Å². The molecule has 19 heavy (non-hydrogen) atoms. The third-order valence-electron chi connectivity index (χ3n) is 2.97. The van der Waals surface area contributed by atoms with E-state index >= 15 is 0 Å². The van der Waals surface area contributed by atoms with E-state index in [0.29, 0.717) is 16.8 Å². The van der Waals surface area contributed by atoms with Crippen molar-refractivity contribution in [3.05, 3.63) is 52.2 Å². The van der Waals surface area contributed by atoms with Gasteiger partial charge in [0.1, 0.15) is 0 Å². The van der Waals surface area contributed by atoms with Gasteiger partial charge in [-0.3, -0.25) is 4.79 Å². The summed E-state index contributed by atoms with van der Waals surface area (Å²) >= 11 is 0. The second kappa shape index (κ2) is 5.10. The highest BCUT2D eigenvalue weighted by Crippen LogP contribution is 2.24. The zero-order chi connectivity index (χ0) is 14.0. The molecule has 2 rings (SSSR count). The van der Waals surface area contributed by atoms with Crippen LogP contribution in [0.4, 0.5) is 0 Å². The van der Waals surface area contributed by atoms with Crippen LogP contribution in [0.5, 0.6) is 0 Å². The summed E-state index contributed by atoms with van der Waals surface area (Å²) < 4.78 is 4.71. The predicted octanol–water partition coefficient (Wildman–Crippen LogP) is 1.96. The number of methoxy groups -OCH3 is 1. The SMILES string of the molecule is COC(=O)C1=C(C)NC(=O)/C1=C/c1ccc(C)cc1. The van der Waals surface area contributed by atoms with Gasteiger partial charge in [-0.25, -0.2) is 4.79 Å². The Morgan fingerprint density at radius 2 is 1.84 bits per heavy atom. The number of rotatable bonds is 2. The Hall–Kier alpha value is -2.36. The normalized spacial score (nSPS) is 16.8. The van der Waals surface area contributed by atoms with Crippen molar-refractivity contribution in [3.8, 4) is 0 Å². The van der Waals surface area contributed by atoms with Crippen molar-refractivity contribution in [2.24, 2.45) is 0 Å². The van der Waals surface area contributed by atoms with Gasteiger partial charge in [-0.15, -0.1) is 0 Å². The van der Waals surface area contributed by atoms with Gasteiger partial charge in [-0.2, -0.15) is 0 Å². The molecule has 1 aromatic carbocycles. The van der Waals surface area contributed by atoms with Crippen molar-refractivity contribution in [2.45, 2.75) is 13.8 Å². The average molecular weight is 257 g/mol. The number of benzene rings is 1. The van der Waals surface area contributed by atoms with Crippen molar-refractivity contribution < 1.29 is 14.3 Å². The van der Waals surface area contributed by atoms with E-state index in [9.17, 15) is 9.59 Å². The lowest BCUT2D eigenvalue weighted by molar-refractivity contribution is -0.136. The van der Waals surface area contributed by atoms with Gasteiger partial charge in [-0.1, -0.05) is 29.8 Å². The smallest absolute Gasteiger partial charge is 0.340 e. The summed E-state index contributed by atoms with van der Waals surface area (Å²) in [7, 11) is 1.30. The molecular weight excluding hydrogens is 242 g/mol. The van der Waals surface area contributed by atoms with Gasteiger partial charge in [0, 0.05) is 5.70 Å². The molecule has 1 aliphatic rings. The van der Waals surface area contributed by atoms with Crippen molar-refractivity contribution in [1.29, 1.82) is 0 Å². The van der Waals surface area contributed by atoms with E-state index in [1.54, 1.807) is 13.0 Å². The molecule has 4 heteroatoms. The van der Waals surface area contributed by atoms with Gasteiger partial charge in [0.05, 0.1) is 18.3 Å². The number of carbonyl (C=O) groups is 2. The molecule has 0 aliphatic carbocycles. The number of amides is 1. The molecular formula is C15H15NO3. The predicted molar refractivity (Wildman–Crippen MR) is 72.0 cm³/mol. The fourth-order valence-corrected chi connectivity index (χ4v) is 1.95. The van der Waals surface area contributed by atoms with Gasteiger partial charge in [0.25, 0.3) is 5.91 Å². The first kappa shape index (κ1) is 13.1. The van der Waals surface area contributed by atoms with Crippen LogP contribution in [0.15, 0.2) is 41.1 Å². The Balaban J connectivity index is 2.44. The molecule has 0 fully saturated rings. The van der Waals surface area contributed by atoms with Crippen LogP contribution < -0.4 is 5.32 Å². The Morgan fingerprint density at radius 3 is 2.42 bits per heavy atom. The first-order chi connectivity index (χ1) is 9.02. The molecule has 1 heterocycles. The molecule has 0 saturated carbocycles. The second-order valence-corrected chi connectivity index (χ2v) is 4.41. The first-order valence-corrected chi connectivity index (χ1v) is 5.92. The van der Waals surface area contributed by atoms with Crippen LogP contribution in [0.1, 0.15) is 18.1 Å². The molecule has 1 aliphatic heterocycles. The number of hydrogen-bond acceptors (Lipinski definition) is 3. The van der Waals surface area contributed by atoms with Gasteiger partial charge in [0.2, 0.25) is 0 Å². The summed E-state index contributed by atoms with van der Waals surface area (Å²) in [6, 6.07) is 7.71. The van der Waals surface area contributed by atoms with Crippen molar-refractivity contribution in [1.82, 2.24) is 5.32 Å². The molecule has 0 saturated heterocycles. The molecule has 1 N–H and O–H groups in total. The summed E-state index contributed by atoms with van der Waals surface area (Å²) in [5, 5.41) is 2.64. The maximum absolute atomic E-state index is 11.9. The third kappa shape index (κ3) is 2.57. The lowest BCUT2D eigenvalue weighted by Gasteiger charge is -2.02. The molecule has 1 amide bonds. The van der Waals surface area contributed by atoms with Crippen molar-refractivity contribution in [3.63, 3.8) is 0 Å². The molecule has 98 valence electrons. The summed E-state index contributed by atoms with van der Waals surface area (Å²) in [6.45, 7) is 3.67. The molecule has 0 bridgehead atoms. The lowest BCUT2D eigenvalue weighted by atomic mass is 10.0. The van der Waals surface area contributed by atoms with Crippen LogP contribution in [0.25, 0.3) is 6.08 Å². The van der Waals surface area contributed by atoms with Crippen molar-refractivity contribution in [2.75, 3.05) is 7.11 Å². The number of ether oxygens (including phenoxy) is 1. The lowest BCUT2D eigenvalue weighted by Crippen LogP contribution is -2.15. The van der Waals surface area contributed by atoms with Crippen LogP contribution >= 0.6 is 0 Å². The number of aryl methyl sites for hydroxylation is 1. The molecule has 4 nitrogen and oxygen atoms in total.